The second-order valence-electron chi connectivity index (χ2n) is 20.9. The molecule has 2 unspecified atom stereocenters. The monoisotopic (exact) mass is 1300 g/mol. The zero-order valence-electron chi connectivity index (χ0n) is 38.2. The molecule has 3 saturated heterocycles. The summed E-state index contributed by atoms with van der Waals surface area (Å²) in [5.74, 6) is 5.77. The molecule has 68 heavy (non-hydrogen) atoms. The summed E-state index contributed by atoms with van der Waals surface area (Å²) in [5.41, 5.74) is 8.24. The molecular formula is C52H52N3O6P4WY2-3. The normalized spacial score (nSPS) is 38.4. The van der Waals surface area contributed by atoms with Crippen LogP contribution in [0, 0.1) is 35.5 Å². The molecule has 346 valence electrons. The number of allylic oxidation sites excluding steroid dienone is 1. The van der Waals surface area contributed by atoms with Crippen LogP contribution in [0.5, 0.6) is 11.5 Å². The van der Waals surface area contributed by atoms with Gasteiger partial charge in [0.1, 0.15) is 26.1 Å². The van der Waals surface area contributed by atoms with E-state index < -0.39 is 5.16 Å². The number of fused-ring (bicyclic) bond motifs is 2. The van der Waals surface area contributed by atoms with Crippen molar-refractivity contribution >= 4 is 49.8 Å². The zero-order valence-corrected chi connectivity index (χ0v) is 50.4. The SMILES string of the molecule is CC1C=C[C-]2[C@H]3Cc4ccc(P=O)c5c4[C@@]2(CCN3)[C@H]1O5.CC1C=C[C-]2[C@H]3Cc4ccc(P=O)cc4[C@@]2(CCN3)C1.O=Pc1ccc2c3c1O[C@H]1[C@@]4(P=O)C=C[C@@]5(C[CH-]4)[C@@H](C2)NCC[C@]315.[W].[Y].[Y]. The summed E-state index contributed by atoms with van der Waals surface area (Å²) >= 11 is 0. The molecule has 16 heteroatoms. The van der Waals surface area contributed by atoms with Crippen molar-refractivity contribution in [1.29, 1.82) is 0 Å². The molecule has 3 aromatic rings. The van der Waals surface area contributed by atoms with Crippen molar-refractivity contribution in [2.24, 2.45) is 17.3 Å². The molecule has 5 aliphatic heterocycles. The zero-order chi connectivity index (χ0) is 44.1. The van der Waals surface area contributed by atoms with Crippen molar-refractivity contribution in [3.63, 3.8) is 0 Å². The fraction of sp³-hybridized carbons (Fsp3) is 0.481. The van der Waals surface area contributed by atoms with Gasteiger partial charge in [0.15, 0.2) is 25.4 Å². The van der Waals surface area contributed by atoms with E-state index in [1.165, 1.54) is 52.1 Å². The Morgan fingerprint density at radius 3 is 2.12 bits per heavy atom. The molecule has 5 heterocycles. The number of benzene rings is 3. The minimum Gasteiger partial charge on any atom is -0.490 e. The van der Waals surface area contributed by atoms with E-state index in [0.29, 0.717) is 30.0 Å². The van der Waals surface area contributed by atoms with Crippen LogP contribution in [0.15, 0.2) is 78.9 Å². The van der Waals surface area contributed by atoms with Gasteiger partial charge in [-0.2, -0.15) is 18.3 Å². The Morgan fingerprint density at radius 1 is 0.721 bits per heavy atom. The van der Waals surface area contributed by atoms with Crippen LogP contribution >= 0.6 is 33.8 Å². The largest absolute Gasteiger partial charge is 0.490 e. The van der Waals surface area contributed by atoms with Gasteiger partial charge in [-0.3, -0.25) is 18.3 Å². The van der Waals surface area contributed by atoms with Crippen LogP contribution in [0.2, 0.25) is 0 Å². The van der Waals surface area contributed by atoms with Crippen LogP contribution in [-0.4, -0.2) is 55.1 Å². The van der Waals surface area contributed by atoms with Gasteiger partial charge in [0, 0.05) is 109 Å². The summed E-state index contributed by atoms with van der Waals surface area (Å²) in [5, 5.41) is 13.0. The fourth-order valence-corrected chi connectivity index (χ4v) is 17.6. The number of hydrogen-bond donors (Lipinski definition) is 3. The van der Waals surface area contributed by atoms with Gasteiger partial charge in [0.25, 0.3) is 0 Å². The molecule has 3 aromatic carbocycles. The van der Waals surface area contributed by atoms with Gasteiger partial charge in [-0.1, -0.05) is 68.0 Å². The first-order valence-electron chi connectivity index (χ1n) is 23.7. The van der Waals surface area contributed by atoms with E-state index in [0.717, 1.165) is 85.6 Å². The van der Waals surface area contributed by atoms with Gasteiger partial charge in [-0.25, -0.2) is 24.3 Å². The molecule has 0 amide bonds. The first kappa shape index (κ1) is 50.9. The fourth-order valence-electron chi connectivity index (χ4n) is 15.8. The van der Waals surface area contributed by atoms with Gasteiger partial charge >= 0.3 is 0 Å². The molecule has 1 saturated carbocycles. The summed E-state index contributed by atoms with van der Waals surface area (Å²) in [6.45, 7) is 7.62. The van der Waals surface area contributed by atoms with E-state index in [4.69, 9.17) is 9.47 Å². The van der Waals surface area contributed by atoms with Crippen LogP contribution in [0.1, 0.15) is 79.3 Å². The molecule has 2 radical (unpaired) electrons. The number of piperidine rings is 3. The van der Waals surface area contributed by atoms with Crippen LogP contribution < -0.4 is 41.3 Å². The molecule has 4 fully saturated rings. The van der Waals surface area contributed by atoms with E-state index in [1.54, 1.807) is 5.92 Å². The van der Waals surface area contributed by atoms with Crippen molar-refractivity contribution in [3.05, 3.63) is 131 Å². The first-order chi connectivity index (χ1) is 31.7. The standard InChI is InChI=1S/C18H16NO3P2.C17H17NO2P.C17H19NOP.W.2Y/c20-23-11-2-1-10-9-12-16-3-5-17(24-21,6-4-16)15-18(16,7-8-19-12)13(10)14(11)22-15;1-9-2-4-11-12-8-10-3-5-13(21-19)15-14(10)17(11,6-7-18-12)16(9)20-15;1-11-2-5-14-16-8-12-3-4-13(20-19)9-15(12)17(14,10-11)6-7-18-16;;;/h1-3,5-6,12,15,19H,4,7-9H2;2-5,9,12,16,18H,6-8H2,1H3;2-5,9,11,16,18H,6-8,10H2,1H3;;;/q3*-1;;;/t12-,15+,16-,17-,18+;9?,12-,16+,17+;11?,16-,17+;;;/m111.../s1. The summed E-state index contributed by atoms with van der Waals surface area (Å²) in [4.78, 5) is 0. The third-order valence-corrected chi connectivity index (χ3v) is 20.8. The summed E-state index contributed by atoms with van der Waals surface area (Å²) in [6.07, 6.45) is 24.4. The second kappa shape index (κ2) is 18.6. The van der Waals surface area contributed by atoms with E-state index in [2.05, 4.69) is 96.9 Å². The molecule has 16 rings (SSSR count). The number of rotatable bonds is 4. The van der Waals surface area contributed by atoms with Gasteiger partial charge in [-0.05, 0) is 138 Å². The third-order valence-electron chi connectivity index (χ3n) is 18.3. The molecule has 8 bridgehead atoms. The predicted molar refractivity (Wildman–Crippen MR) is 254 cm³/mol. The molecular weight excluding hydrogens is 1250 g/mol. The van der Waals surface area contributed by atoms with Crippen molar-refractivity contribution < 1.29 is 114 Å². The molecule has 3 N–H and O–H groups in total. The third kappa shape index (κ3) is 6.75. The smallest absolute Gasteiger partial charge is 0.196 e. The van der Waals surface area contributed by atoms with E-state index in [-0.39, 0.29) is 154 Å². The summed E-state index contributed by atoms with van der Waals surface area (Å²) in [6, 6.07) is 15.9. The molecule has 12 atom stereocenters. The quantitative estimate of drug-likeness (QED) is 0.136. The average molecular weight is 1300 g/mol. The number of ether oxygens (including phenoxy) is 2. The minimum absolute atomic E-state index is 0. The van der Waals surface area contributed by atoms with E-state index in [9.17, 15) is 18.3 Å². The van der Waals surface area contributed by atoms with Crippen LogP contribution in [-0.2, 0) is 140 Å². The van der Waals surface area contributed by atoms with E-state index in [1.807, 2.05) is 18.2 Å². The van der Waals surface area contributed by atoms with Gasteiger partial charge in [-0.15, -0.1) is 0 Å². The molecule has 3 spiro atoms. The van der Waals surface area contributed by atoms with E-state index >= 15 is 0 Å². The Kier molecular flexibility index (Phi) is 14.0. The molecule has 13 aliphatic rings. The predicted octanol–water partition coefficient (Wildman–Crippen LogP) is 7.94. The van der Waals surface area contributed by atoms with Gasteiger partial charge in [0.2, 0.25) is 0 Å². The van der Waals surface area contributed by atoms with Crippen LogP contribution in [0.4, 0.5) is 0 Å². The van der Waals surface area contributed by atoms with Gasteiger partial charge in [0.05, 0.1) is 16.7 Å². The number of nitrogens with one attached hydrogen (secondary N) is 3. The summed E-state index contributed by atoms with van der Waals surface area (Å²) < 4.78 is 59.6. The summed E-state index contributed by atoms with van der Waals surface area (Å²) in [7, 11) is 0.281. The van der Waals surface area contributed by atoms with Crippen LogP contribution in [0.3, 0.4) is 0 Å². The number of hydrogen-bond acceptors (Lipinski definition) is 9. The maximum Gasteiger partial charge on any atom is 0.196 e. The maximum absolute atomic E-state index is 12.2. The Balaban J connectivity index is 0.000000117. The molecule has 0 aromatic heterocycles. The Hall–Kier alpha value is -0.604. The Labute approximate surface area is 470 Å². The molecule has 9 nitrogen and oxygen atoms in total. The Morgan fingerprint density at radius 2 is 1.40 bits per heavy atom. The van der Waals surface area contributed by atoms with Crippen molar-refractivity contribution in [2.75, 3.05) is 19.6 Å². The van der Waals surface area contributed by atoms with Crippen molar-refractivity contribution in [3.8, 4) is 11.5 Å². The topological polar surface area (TPSA) is 123 Å². The first-order valence-corrected chi connectivity index (χ1v) is 26.9. The molecule has 8 aliphatic carbocycles. The Bertz CT molecular complexity index is 2730. The van der Waals surface area contributed by atoms with Crippen LogP contribution in [0.25, 0.3) is 0 Å². The second-order valence-corrected chi connectivity index (χ2v) is 23.9. The maximum atomic E-state index is 12.2. The van der Waals surface area contributed by atoms with Crippen molar-refractivity contribution in [2.45, 2.75) is 117 Å². The van der Waals surface area contributed by atoms with Gasteiger partial charge < -0.3 is 31.8 Å². The average Bonchev–Trinajstić information content (AvgIpc) is 3.87. The van der Waals surface area contributed by atoms with Crippen molar-refractivity contribution in [1.82, 2.24) is 16.0 Å². The minimum atomic E-state index is -0.561.